The Morgan fingerprint density at radius 3 is 2.52 bits per heavy atom. The lowest BCUT2D eigenvalue weighted by atomic mass is 9.94. The molecular formula is C19H19Cl2NO. The largest absolute Gasteiger partial charge is 0.338 e. The zero-order valence-electron chi connectivity index (χ0n) is 12.8. The van der Waals surface area contributed by atoms with E-state index in [9.17, 15) is 4.79 Å². The fourth-order valence-corrected chi connectivity index (χ4v) is 3.45. The third-order valence-corrected chi connectivity index (χ3v) is 4.86. The van der Waals surface area contributed by atoms with Gasteiger partial charge in [0.2, 0.25) is 0 Å². The smallest absolute Gasteiger partial charge is 0.253 e. The van der Waals surface area contributed by atoms with Gasteiger partial charge in [-0.2, -0.15) is 0 Å². The lowest BCUT2D eigenvalue weighted by Crippen LogP contribution is -2.34. The number of halogens is 2. The lowest BCUT2D eigenvalue weighted by Gasteiger charge is -2.25. The topological polar surface area (TPSA) is 20.3 Å². The van der Waals surface area contributed by atoms with E-state index in [-0.39, 0.29) is 5.91 Å². The Hall–Kier alpha value is -1.51. The van der Waals surface area contributed by atoms with E-state index in [0.29, 0.717) is 16.5 Å². The first-order chi connectivity index (χ1) is 11.1. The molecule has 23 heavy (non-hydrogen) atoms. The van der Waals surface area contributed by atoms with Crippen LogP contribution < -0.4 is 0 Å². The molecule has 2 nitrogen and oxygen atoms in total. The number of hydrogen-bond acceptors (Lipinski definition) is 1. The molecule has 0 aromatic heterocycles. The Bertz CT molecular complexity index is 684. The van der Waals surface area contributed by atoms with Crippen LogP contribution in [0.5, 0.6) is 0 Å². The molecule has 3 rings (SSSR count). The van der Waals surface area contributed by atoms with Crippen molar-refractivity contribution < 1.29 is 4.79 Å². The molecule has 1 heterocycles. The molecule has 4 heteroatoms. The number of rotatable bonds is 2. The molecule has 0 bridgehead atoms. The van der Waals surface area contributed by atoms with E-state index in [1.165, 1.54) is 5.56 Å². The summed E-state index contributed by atoms with van der Waals surface area (Å²) in [5, 5.41) is 1.34. The van der Waals surface area contributed by atoms with Crippen molar-refractivity contribution in [1.82, 2.24) is 4.90 Å². The summed E-state index contributed by atoms with van der Waals surface area (Å²) in [5.74, 6) is 0.422. The van der Waals surface area contributed by atoms with Gasteiger partial charge in [-0.1, -0.05) is 47.8 Å². The highest BCUT2D eigenvalue weighted by molar-refractivity contribution is 6.31. The minimum Gasteiger partial charge on any atom is -0.338 e. The molecular weight excluding hydrogens is 329 g/mol. The van der Waals surface area contributed by atoms with Gasteiger partial charge in [-0.25, -0.2) is 0 Å². The van der Waals surface area contributed by atoms with Gasteiger partial charge in [-0.05, 0) is 48.7 Å². The second-order valence-electron chi connectivity index (χ2n) is 6.01. The fraction of sp³-hybridized carbons (Fsp3) is 0.316. The maximum atomic E-state index is 12.8. The highest BCUT2D eigenvalue weighted by Gasteiger charge is 2.24. The normalized spacial score (nSPS) is 18.5. The summed E-state index contributed by atoms with van der Waals surface area (Å²) < 4.78 is 0. The number of benzene rings is 2. The molecule has 0 aliphatic carbocycles. The average molecular weight is 348 g/mol. The molecule has 1 aliphatic heterocycles. The predicted molar refractivity (Wildman–Crippen MR) is 95.4 cm³/mol. The van der Waals surface area contributed by atoms with Crippen LogP contribution in [0.15, 0.2) is 48.5 Å². The van der Waals surface area contributed by atoms with Crippen LogP contribution >= 0.6 is 23.2 Å². The Kier molecular flexibility index (Phi) is 5.24. The van der Waals surface area contributed by atoms with Crippen LogP contribution in [-0.4, -0.2) is 23.9 Å². The number of hydrogen-bond donors (Lipinski definition) is 0. The summed E-state index contributed by atoms with van der Waals surface area (Å²) in [7, 11) is 0. The summed E-state index contributed by atoms with van der Waals surface area (Å²) in [6.07, 6.45) is 3.27. The predicted octanol–water partition coefficient (Wildman–Crippen LogP) is 5.40. The van der Waals surface area contributed by atoms with Crippen molar-refractivity contribution >= 4 is 29.1 Å². The quantitative estimate of drug-likeness (QED) is 0.711. The summed E-state index contributed by atoms with van der Waals surface area (Å²) in [5.41, 5.74) is 1.91. The van der Waals surface area contributed by atoms with Gasteiger partial charge in [0.1, 0.15) is 0 Å². The van der Waals surface area contributed by atoms with E-state index in [4.69, 9.17) is 23.2 Å². The number of carbonyl (C=O) groups excluding carboxylic acids is 1. The molecule has 2 aromatic carbocycles. The van der Waals surface area contributed by atoms with Gasteiger partial charge in [0, 0.05) is 34.6 Å². The van der Waals surface area contributed by atoms with Gasteiger partial charge < -0.3 is 4.90 Å². The maximum absolute atomic E-state index is 12.8. The molecule has 1 unspecified atom stereocenters. The Labute approximate surface area is 147 Å². The minimum atomic E-state index is 0.0633. The second kappa shape index (κ2) is 7.37. The van der Waals surface area contributed by atoms with Crippen LogP contribution in [0, 0.1) is 0 Å². The molecule has 0 saturated carbocycles. The Morgan fingerprint density at radius 2 is 1.78 bits per heavy atom. The first-order valence-electron chi connectivity index (χ1n) is 7.94. The standard InChI is InChI=1S/C19H19Cl2NO/c20-17-9-7-14(8-10-17)16-4-1-2-11-22(13-16)19(23)15-5-3-6-18(21)12-15/h3,5-10,12,16H,1-2,4,11,13H2. The second-order valence-corrected chi connectivity index (χ2v) is 6.88. The fourth-order valence-electron chi connectivity index (χ4n) is 3.14. The van der Waals surface area contributed by atoms with Gasteiger partial charge in [0.05, 0.1) is 0 Å². The van der Waals surface area contributed by atoms with Crippen molar-refractivity contribution in [2.24, 2.45) is 0 Å². The van der Waals surface area contributed by atoms with Gasteiger partial charge >= 0.3 is 0 Å². The molecule has 1 saturated heterocycles. The molecule has 1 aliphatic rings. The third-order valence-electron chi connectivity index (χ3n) is 4.37. The number of amides is 1. The van der Waals surface area contributed by atoms with Crippen LogP contribution in [-0.2, 0) is 0 Å². The van der Waals surface area contributed by atoms with Crippen LogP contribution in [0.2, 0.25) is 10.0 Å². The lowest BCUT2D eigenvalue weighted by molar-refractivity contribution is 0.0754. The zero-order chi connectivity index (χ0) is 16.2. The average Bonchev–Trinajstić information content (AvgIpc) is 2.81. The van der Waals surface area contributed by atoms with E-state index in [0.717, 1.165) is 37.4 Å². The van der Waals surface area contributed by atoms with Crippen molar-refractivity contribution in [3.8, 4) is 0 Å². The van der Waals surface area contributed by atoms with Crippen LogP contribution in [0.4, 0.5) is 0 Å². The van der Waals surface area contributed by atoms with Crippen LogP contribution in [0.25, 0.3) is 0 Å². The first-order valence-corrected chi connectivity index (χ1v) is 8.69. The van der Waals surface area contributed by atoms with Crippen LogP contribution in [0.1, 0.15) is 41.1 Å². The van der Waals surface area contributed by atoms with Crippen molar-refractivity contribution in [3.05, 3.63) is 69.7 Å². The van der Waals surface area contributed by atoms with Gasteiger partial charge in [-0.15, -0.1) is 0 Å². The van der Waals surface area contributed by atoms with Gasteiger partial charge in [-0.3, -0.25) is 4.79 Å². The van der Waals surface area contributed by atoms with Crippen molar-refractivity contribution in [3.63, 3.8) is 0 Å². The molecule has 120 valence electrons. The molecule has 1 atom stereocenters. The summed E-state index contributed by atoms with van der Waals surface area (Å²) in [4.78, 5) is 14.7. The van der Waals surface area contributed by atoms with E-state index in [1.54, 1.807) is 12.1 Å². The highest BCUT2D eigenvalue weighted by atomic mass is 35.5. The Balaban J connectivity index is 1.79. The van der Waals surface area contributed by atoms with Gasteiger partial charge in [0.25, 0.3) is 5.91 Å². The minimum absolute atomic E-state index is 0.0633. The van der Waals surface area contributed by atoms with E-state index >= 15 is 0 Å². The number of nitrogens with zero attached hydrogens (tertiary/aromatic N) is 1. The van der Waals surface area contributed by atoms with Crippen molar-refractivity contribution in [2.75, 3.05) is 13.1 Å². The molecule has 2 aromatic rings. The van der Waals surface area contributed by atoms with Crippen molar-refractivity contribution in [1.29, 1.82) is 0 Å². The summed E-state index contributed by atoms with van der Waals surface area (Å²) in [6, 6.07) is 15.2. The highest BCUT2D eigenvalue weighted by Crippen LogP contribution is 2.28. The van der Waals surface area contributed by atoms with E-state index < -0.39 is 0 Å². The molecule has 0 spiro atoms. The SMILES string of the molecule is O=C(c1cccc(Cl)c1)N1CCCCC(c2ccc(Cl)cc2)C1. The molecule has 1 fully saturated rings. The van der Waals surface area contributed by atoms with Crippen LogP contribution in [0.3, 0.4) is 0 Å². The molecule has 0 N–H and O–H groups in total. The van der Waals surface area contributed by atoms with E-state index in [1.807, 2.05) is 29.2 Å². The number of likely N-dealkylation sites (tertiary alicyclic amines) is 1. The Morgan fingerprint density at radius 1 is 1.00 bits per heavy atom. The number of carbonyl (C=O) groups is 1. The van der Waals surface area contributed by atoms with E-state index in [2.05, 4.69) is 12.1 Å². The maximum Gasteiger partial charge on any atom is 0.253 e. The first kappa shape index (κ1) is 16.4. The molecule has 1 amide bonds. The summed E-state index contributed by atoms with van der Waals surface area (Å²) >= 11 is 12.0. The van der Waals surface area contributed by atoms with Gasteiger partial charge in [0.15, 0.2) is 0 Å². The summed E-state index contributed by atoms with van der Waals surface area (Å²) in [6.45, 7) is 1.54. The third kappa shape index (κ3) is 4.07. The molecule has 0 radical (unpaired) electrons. The zero-order valence-corrected chi connectivity index (χ0v) is 14.4. The van der Waals surface area contributed by atoms with Crippen molar-refractivity contribution in [2.45, 2.75) is 25.2 Å². The monoisotopic (exact) mass is 347 g/mol.